The number of thiocarbonyl (C=S) groups is 1. The normalized spacial score (nSPS) is 11.4. The van der Waals surface area contributed by atoms with Crippen molar-refractivity contribution >= 4 is 28.9 Å². The largest absolute Gasteiger partial charge is 0.481 e. The molecule has 0 aliphatic carbocycles. The van der Waals surface area contributed by atoms with E-state index in [0.717, 1.165) is 16.8 Å². The summed E-state index contributed by atoms with van der Waals surface area (Å²) in [5, 5.41) is 3.25. The number of benzene rings is 2. The molecule has 5 nitrogen and oxygen atoms in total. The van der Waals surface area contributed by atoms with E-state index >= 15 is 0 Å². The Morgan fingerprint density at radius 1 is 1.08 bits per heavy atom. The van der Waals surface area contributed by atoms with Gasteiger partial charge in [-0.1, -0.05) is 6.07 Å². The second-order valence-corrected chi connectivity index (χ2v) is 6.07. The van der Waals surface area contributed by atoms with Crippen LogP contribution in [-0.2, 0) is 4.79 Å². The number of carbonyl (C=O) groups is 1. The van der Waals surface area contributed by atoms with Gasteiger partial charge in [0.25, 0.3) is 5.91 Å². The summed E-state index contributed by atoms with van der Waals surface area (Å²) in [6, 6.07) is 11.4. The molecular weight excluding hydrogens is 341 g/mol. The van der Waals surface area contributed by atoms with Gasteiger partial charge in [0.1, 0.15) is 11.6 Å². The minimum Gasteiger partial charge on any atom is -0.481 e. The fourth-order valence-electron chi connectivity index (χ4n) is 2.20. The third kappa shape index (κ3) is 6.04. The number of hydrogen-bond donors (Lipinski definition) is 3. The molecule has 1 atom stereocenters. The Morgan fingerprint density at radius 2 is 1.68 bits per heavy atom. The zero-order chi connectivity index (χ0) is 18.4. The highest BCUT2D eigenvalue weighted by molar-refractivity contribution is 7.80. The molecule has 0 heterocycles. The second kappa shape index (κ2) is 8.43. The molecule has 2 rings (SSSR count). The van der Waals surface area contributed by atoms with Crippen LogP contribution in [0.2, 0.25) is 0 Å². The van der Waals surface area contributed by atoms with Gasteiger partial charge in [0.15, 0.2) is 11.2 Å². The number of hydrazine groups is 1. The zero-order valence-electron chi connectivity index (χ0n) is 14.2. The van der Waals surface area contributed by atoms with Gasteiger partial charge in [-0.05, 0) is 80.5 Å². The van der Waals surface area contributed by atoms with Crippen LogP contribution in [-0.4, -0.2) is 17.1 Å². The maximum Gasteiger partial charge on any atom is 0.279 e. The molecule has 2 aromatic rings. The van der Waals surface area contributed by atoms with Crippen molar-refractivity contribution in [1.82, 2.24) is 10.9 Å². The van der Waals surface area contributed by atoms with Crippen molar-refractivity contribution in [2.75, 3.05) is 5.32 Å². The first-order chi connectivity index (χ1) is 11.8. The molecule has 1 amide bonds. The minimum atomic E-state index is -0.776. The third-order valence-electron chi connectivity index (χ3n) is 3.27. The first kappa shape index (κ1) is 18.7. The van der Waals surface area contributed by atoms with Gasteiger partial charge in [-0.25, -0.2) is 4.39 Å². The Hall–Kier alpha value is -2.67. The summed E-state index contributed by atoms with van der Waals surface area (Å²) in [4.78, 5) is 12.0. The summed E-state index contributed by atoms with van der Waals surface area (Å²) < 4.78 is 18.3. The molecule has 0 aliphatic rings. The van der Waals surface area contributed by atoms with Gasteiger partial charge >= 0.3 is 0 Å². The summed E-state index contributed by atoms with van der Waals surface area (Å²) in [6.45, 7) is 5.57. The number of anilines is 1. The van der Waals surface area contributed by atoms with E-state index in [-0.39, 0.29) is 10.9 Å². The molecule has 25 heavy (non-hydrogen) atoms. The fraction of sp³-hybridized carbons (Fsp3) is 0.222. The summed E-state index contributed by atoms with van der Waals surface area (Å²) in [5.41, 5.74) is 8.15. The lowest BCUT2D eigenvalue weighted by molar-refractivity contribution is -0.127. The average molecular weight is 361 g/mol. The van der Waals surface area contributed by atoms with Gasteiger partial charge in [-0.15, -0.1) is 0 Å². The van der Waals surface area contributed by atoms with Crippen LogP contribution in [0, 0.1) is 19.7 Å². The molecule has 132 valence electrons. The quantitative estimate of drug-likeness (QED) is 0.576. The monoisotopic (exact) mass is 361 g/mol. The number of halogens is 1. The van der Waals surface area contributed by atoms with Crippen molar-refractivity contribution in [2.24, 2.45) is 0 Å². The third-order valence-corrected chi connectivity index (χ3v) is 3.48. The molecule has 3 N–H and O–H groups in total. The molecule has 7 heteroatoms. The van der Waals surface area contributed by atoms with Crippen LogP contribution in [0.5, 0.6) is 5.75 Å². The van der Waals surface area contributed by atoms with E-state index in [2.05, 4.69) is 22.2 Å². The van der Waals surface area contributed by atoms with Gasteiger partial charge in [-0.3, -0.25) is 15.6 Å². The van der Waals surface area contributed by atoms with Crippen LogP contribution < -0.4 is 20.9 Å². The van der Waals surface area contributed by atoms with Crippen LogP contribution in [0.25, 0.3) is 0 Å². The van der Waals surface area contributed by atoms with E-state index in [4.69, 9.17) is 17.0 Å². The first-order valence-electron chi connectivity index (χ1n) is 7.71. The Balaban J connectivity index is 1.81. The predicted octanol–water partition coefficient (Wildman–Crippen LogP) is 3.23. The number of carbonyl (C=O) groups excluding carboxylic acids is 1. The van der Waals surface area contributed by atoms with Gasteiger partial charge < -0.3 is 10.1 Å². The number of aryl methyl sites for hydroxylation is 2. The van der Waals surface area contributed by atoms with Crippen LogP contribution in [0.15, 0.2) is 42.5 Å². The Morgan fingerprint density at radius 3 is 2.28 bits per heavy atom. The molecule has 0 fully saturated rings. The van der Waals surface area contributed by atoms with Gasteiger partial charge in [0.2, 0.25) is 0 Å². The van der Waals surface area contributed by atoms with Crippen molar-refractivity contribution in [3.63, 3.8) is 0 Å². The zero-order valence-corrected chi connectivity index (χ0v) is 15.0. The molecular formula is C18H20FN3O2S. The SMILES string of the molecule is Cc1cc(C)cc(NC(=S)NNC(=O)[C@@H](C)Oc2ccc(F)cc2)c1. The lowest BCUT2D eigenvalue weighted by Crippen LogP contribution is -2.48. The topological polar surface area (TPSA) is 62.4 Å². The molecule has 0 aliphatic heterocycles. The first-order valence-corrected chi connectivity index (χ1v) is 8.11. The van der Waals surface area contributed by atoms with E-state index in [1.807, 2.05) is 26.0 Å². The van der Waals surface area contributed by atoms with E-state index in [1.165, 1.54) is 24.3 Å². The van der Waals surface area contributed by atoms with Crippen molar-refractivity contribution in [1.29, 1.82) is 0 Å². The van der Waals surface area contributed by atoms with Gasteiger partial charge in [0, 0.05) is 5.69 Å². The van der Waals surface area contributed by atoms with E-state index in [0.29, 0.717) is 5.75 Å². The van der Waals surface area contributed by atoms with Crippen LogP contribution in [0.4, 0.5) is 10.1 Å². The molecule has 0 saturated carbocycles. The Kier molecular flexibility index (Phi) is 6.30. The van der Waals surface area contributed by atoms with Crippen LogP contribution in [0.3, 0.4) is 0 Å². The van der Waals surface area contributed by atoms with Crippen LogP contribution >= 0.6 is 12.2 Å². The number of hydrogen-bond acceptors (Lipinski definition) is 3. The lowest BCUT2D eigenvalue weighted by atomic mass is 10.1. The summed E-state index contributed by atoms with van der Waals surface area (Å²) in [5.74, 6) is -0.372. The van der Waals surface area contributed by atoms with Crippen molar-refractivity contribution in [3.05, 3.63) is 59.4 Å². The highest BCUT2D eigenvalue weighted by Crippen LogP contribution is 2.14. The smallest absolute Gasteiger partial charge is 0.279 e. The number of nitrogens with one attached hydrogen (secondary N) is 3. The molecule has 0 radical (unpaired) electrons. The number of ether oxygens (including phenoxy) is 1. The molecule has 0 spiro atoms. The molecule has 0 bridgehead atoms. The molecule has 0 saturated heterocycles. The fourth-order valence-corrected chi connectivity index (χ4v) is 2.37. The van der Waals surface area contributed by atoms with E-state index in [9.17, 15) is 9.18 Å². The maximum atomic E-state index is 12.9. The average Bonchev–Trinajstić information content (AvgIpc) is 2.53. The summed E-state index contributed by atoms with van der Waals surface area (Å²) >= 11 is 5.15. The summed E-state index contributed by atoms with van der Waals surface area (Å²) in [7, 11) is 0. The maximum absolute atomic E-state index is 12.9. The van der Waals surface area contributed by atoms with E-state index in [1.54, 1.807) is 6.92 Å². The number of amides is 1. The van der Waals surface area contributed by atoms with Gasteiger partial charge in [0.05, 0.1) is 0 Å². The standard InChI is InChI=1S/C18H20FN3O2S/c1-11-8-12(2)10-15(9-11)20-18(25)22-21-17(23)13(3)24-16-6-4-14(19)5-7-16/h4-10,13H,1-3H3,(H,21,23)(H2,20,22,25)/t13-/m1/s1. The van der Waals surface area contributed by atoms with Crippen LogP contribution in [0.1, 0.15) is 18.1 Å². The predicted molar refractivity (Wildman–Crippen MR) is 99.9 cm³/mol. The molecule has 2 aromatic carbocycles. The highest BCUT2D eigenvalue weighted by Gasteiger charge is 2.14. The Bertz CT molecular complexity index is 745. The second-order valence-electron chi connectivity index (χ2n) is 5.66. The van der Waals surface area contributed by atoms with Crippen molar-refractivity contribution in [2.45, 2.75) is 26.9 Å². The number of rotatable bonds is 4. The highest BCUT2D eigenvalue weighted by atomic mass is 32.1. The van der Waals surface area contributed by atoms with Crippen molar-refractivity contribution < 1.29 is 13.9 Å². The molecule has 0 aromatic heterocycles. The van der Waals surface area contributed by atoms with E-state index < -0.39 is 12.0 Å². The van der Waals surface area contributed by atoms with Crippen molar-refractivity contribution in [3.8, 4) is 5.75 Å². The van der Waals surface area contributed by atoms with Gasteiger partial charge in [-0.2, -0.15) is 0 Å². The lowest BCUT2D eigenvalue weighted by Gasteiger charge is -2.16. The molecule has 0 unspecified atom stereocenters. The Labute approximate surface area is 151 Å². The minimum absolute atomic E-state index is 0.257. The summed E-state index contributed by atoms with van der Waals surface area (Å²) in [6.07, 6.45) is -0.776.